The molecule has 1 aromatic rings. The Morgan fingerprint density at radius 3 is 2.36 bits per heavy atom. The molecule has 0 bridgehead atoms. The Morgan fingerprint density at radius 1 is 1.36 bits per heavy atom. The molecule has 9 heteroatoms. The average molecular weight is 392 g/mol. The molecule has 1 heterocycles. The van der Waals surface area contributed by atoms with Gasteiger partial charge in [0.25, 0.3) is 0 Å². The molecular formula is C16H33N3O4SSi. The van der Waals surface area contributed by atoms with E-state index in [-0.39, 0.29) is 11.5 Å². The molecule has 0 aromatic carbocycles. The van der Waals surface area contributed by atoms with Gasteiger partial charge in [-0.3, -0.25) is 0 Å². The van der Waals surface area contributed by atoms with Crippen molar-refractivity contribution in [1.29, 1.82) is 0 Å². The maximum Gasteiger partial charge on any atom is 0.322 e. The second kappa shape index (κ2) is 7.87. The van der Waals surface area contributed by atoms with Crippen LogP contribution in [0, 0.1) is 0 Å². The summed E-state index contributed by atoms with van der Waals surface area (Å²) in [4.78, 5) is 0. The van der Waals surface area contributed by atoms with Crippen LogP contribution >= 0.6 is 0 Å². The van der Waals surface area contributed by atoms with Gasteiger partial charge in [0.15, 0.2) is 8.32 Å². The van der Waals surface area contributed by atoms with Crippen LogP contribution in [0.3, 0.4) is 0 Å². The van der Waals surface area contributed by atoms with Gasteiger partial charge in [0.1, 0.15) is 0 Å². The molecular weight excluding hydrogens is 358 g/mol. The summed E-state index contributed by atoms with van der Waals surface area (Å²) in [6, 6.07) is 0. The van der Waals surface area contributed by atoms with E-state index >= 15 is 0 Å². The van der Waals surface area contributed by atoms with Gasteiger partial charge in [0.05, 0.1) is 18.0 Å². The van der Waals surface area contributed by atoms with Gasteiger partial charge >= 0.3 is 10.2 Å². The lowest BCUT2D eigenvalue weighted by atomic mass is 10.1. The predicted molar refractivity (Wildman–Crippen MR) is 102 cm³/mol. The first-order valence-electron chi connectivity index (χ1n) is 8.51. The predicted octanol–water partition coefficient (Wildman–Crippen LogP) is 2.03. The third kappa shape index (κ3) is 5.37. The highest BCUT2D eigenvalue weighted by molar-refractivity contribution is 7.87. The second-order valence-electron chi connectivity index (χ2n) is 8.16. The largest absolute Gasteiger partial charge is 0.416 e. The number of aromatic nitrogens is 2. The van der Waals surface area contributed by atoms with Crippen molar-refractivity contribution in [2.24, 2.45) is 0 Å². The molecule has 7 nitrogen and oxygen atoms in total. The quantitative estimate of drug-likeness (QED) is 0.685. The molecule has 1 rings (SSSR count). The van der Waals surface area contributed by atoms with Crippen LogP contribution in [0.2, 0.25) is 18.1 Å². The molecule has 0 saturated heterocycles. The van der Waals surface area contributed by atoms with Crippen molar-refractivity contribution in [1.82, 2.24) is 13.5 Å². The van der Waals surface area contributed by atoms with Crippen LogP contribution < -0.4 is 0 Å². The Morgan fingerprint density at radius 2 is 1.92 bits per heavy atom. The van der Waals surface area contributed by atoms with Gasteiger partial charge in [0.2, 0.25) is 0 Å². The van der Waals surface area contributed by atoms with Crippen LogP contribution in [0.5, 0.6) is 0 Å². The van der Waals surface area contributed by atoms with Crippen molar-refractivity contribution in [3.8, 4) is 0 Å². The van der Waals surface area contributed by atoms with Crippen LogP contribution in [0.25, 0.3) is 0 Å². The zero-order chi connectivity index (χ0) is 19.6. The van der Waals surface area contributed by atoms with E-state index in [2.05, 4.69) is 39.0 Å². The summed E-state index contributed by atoms with van der Waals surface area (Å²) < 4.78 is 33.2. The summed E-state index contributed by atoms with van der Waals surface area (Å²) in [6.07, 6.45) is 1.70. The minimum atomic E-state index is -3.71. The van der Waals surface area contributed by atoms with Crippen molar-refractivity contribution in [2.45, 2.75) is 64.8 Å². The number of aliphatic hydroxyl groups is 1. The van der Waals surface area contributed by atoms with Crippen LogP contribution in [0.15, 0.2) is 6.20 Å². The zero-order valence-electron chi connectivity index (χ0n) is 16.7. The fourth-order valence-corrected chi connectivity index (χ4v) is 4.06. The standard InChI is InChI=1S/C16H33N3O4SSi/c1-13(20)11-15-14(9-10-23-25(7,8)16(2,3)4)12-17-19(15)24(21,22)18(5)6/h12-13,20H,9-11H2,1-8H3. The summed E-state index contributed by atoms with van der Waals surface area (Å²) in [7, 11) is -2.65. The number of rotatable bonds is 8. The van der Waals surface area contributed by atoms with E-state index in [4.69, 9.17) is 4.43 Å². The number of hydrogen-bond donors (Lipinski definition) is 1. The van der Waals surface area contributed by atoms with Gasteiger partial charge in [-0.15, -0.1) is 4.09 Å². The fraction of sp³-hybridized carbons (Fsp3) is 0.812. The third-order valence-corrected chi connectivity index (χ3v) is 10.9. The van der Waals surface area contributed by atoms with E-state index < -0.39 is 24.6 Å². The van der Waals surface area contributed by atoms with Gasteiger partial charge in [-0.1, -0.05) is 20.8 Å². The maximum atomic E-state index is 12.4. The molecule has 1 unspecified atom stereocenters. The van der Waals surface area contributed by atoms with Crippen LogP contribution in [0.4, 0.5) is 0 Å². The Kier molecular flexibility index (Phi) is 7.02. The summed E-state index contributed by atoms with van der Waals surface area (Å²) in [5, 5.41) is 13.9. The molecule has 0 radical (unpaired) electrons. The smallest absolute Gasteiger partial charge is 0.322 e. The number of aliphatic hydroxyl groups excluding tert-OH is 1. The monoisotopic (exact) mass is 391 g/mol. The van der Waals surface area contributed by atoms with Crippen molar-refractivity contribution in [2.75, 3.05) is 20.7 Å². The molecule has 0 amide bonds. The first-order chi connectivity index (χ1) is 11.2. The Hall–Kier alpha value is -0.743. The average Bonchev–Trinajstić information content (AvgIpc) is 2.80. The van der Waals surface area contributed by atoms with Crippen LogP contribution in [0.1, 0.15) is 39.0 Å². The van der Waals surface area contributed by atoms with Gasteiger partial charge in [0, 0.05) is 27.1 Å². The van der Waals surface area contributed by atoms with Crippen LogP contribution in [-0.2, 0) is 27.5 Å². The fourth-order valence-electron chi connectivity index (χ4n) is 2.07. The molecule has 0 fully saturated rings. The first-order valence-corrected chi connectivity index (χ1v) is 12.8. The summed E-state index contributed by atoms with van der Waals surface area (Å²) in [5.74, 6) is 0. The van der Waals surface area contributed by atoms with Gasteiger partial charge in [-0.25, -0.2) is 0 Å². The third-order valence-electron chi connectivity index (χ3n) is 4.73. The van der Waals surface area contributed by atoms with Gasteiger partial charge in [-0.2, -0.15) is 17.8 Å². The molecule has 146 valence electrons. The van der Waals surface area contributed by atoms with E-state index in [9.17, 15) is 13.5 Å². The number of hydrogen-bond acceptors (Lipinski definition) is 5. The zero-order valence-corrected chi connectivity index (χ0v) is 18.5. The second-order valence-corrected chi connectivity index (χ2v) is 14.9. The highest BCUT2D eigenvalue weighted by Gasteiger charge is 2.37. The van der Waals surface area contributed by atoms with E-state index in [0.29, 0.717) is 18.7 Å². The normalized spacial score (nSPS) is 15.0. The maximum absolute atomic E-state index is 12.4. The first kappa shape index (κ1) is 22.3. The van der Waals surface area contributed by atoms with E-state index in [1.165, 1.54) is 14.1 Å². The lowest BCUT2D eigenvalue weighted by molar-refractivity contribution is 0.193. The summed E-state index contributed by atoms with van der Waals surface area (Å²) >= 11 is 0. The highest BCUT2D eigenvalue weighted by atomic mass is 32.2. The Labute approximate surface area is 153 Å². The topological polar surface area (TPSA) is 84.7 Å². The van der Waals surface area contributed by atoms with Crippen molar-refractivity contribution >= 4 is 18.5 Å². The van der Waals surface area contributed by atoms with Gasteiger partial charge < -0.3 is 9.53 Å². The minimum Gasteiger partial charge on any atom is -0.416 e. The minimum absolute atomic E-state index is 0.119. The SMILES string of the molecule is CC(O)Cc1c(CCO[Si](C)(C)C(C)(C)C)cnn1S(=O)(=O)N(C)C. The molecule has 0 aliphatic carbocycles. The van der Waals surface area contributed by atoms with E-state index in [0.717, 1.165) is 14.0 Å². The molecule has 1 aromatic heterocycles. The summed E-state index contributed by atoms with van der Waals surface area (Å²) in [5.41, 5.74) is 1.31. The Bertz CT molecular complexity index is 676. The van der Waals surface area contributed by atoms with Crippen LogP contribution in [-0.4, -0.2) is 62.1 Å². The summed E-state index contributed by atoms with van der Waals surface area (Å²) in [6.45, 7) is 13.1. The number of nitrogens with zero attached hydrogens (tertiary/aromatic N) is 3. The molecule has 0 aliphatic rings. The van der Waals surface area contributed by atoms with Crippen molar-refractivity contribution < 1.29 is 18.0 Å². The van der Waals surface area contributed by atoms with Gasteiger partial charge in [-0.05, 0) is 37.0 Å². The lowest BCUT2D eigenvalue weighted by Crippen LogP contribution is -2.41. The molecule has 0 aliphatic heterocycles. The molecule has 1 N–H and O–H groups in total. The molecule has 0 saturated carbocycles. The van der Waals surface area contributed by atoms with E-state index in [1.807, 2.05) is 0 Å². The molecule has 25 heavy (non-hydrogen) atoms. The van der Waals surface area contributed by atoms with Crippen molar-refractivity contribution in [3.63, 3.8) is 0 Å². The molecule has 0 spiro atoms. The van der Waals surface area contributed by atoms with Crippen molar-refractivity contribution in [3.05, 3.63) is 17.5 Å². The van der Waals surface area contributed by atoms with E-state index in [1.54, 1.807) is 13.1 Å². The Balaban J connectivity index is 3.03. The molecule has 1 atom stereocenters. The lowest BCUT2D eigenvalue weighted by Gasteiger charge is -2.36. The highest BCUT2D eigenvalue weighted by Crippen LogP contribution is 2.36.